The molecule has 1 heterocycles. The third-order valence-corrected chi connectivity index (χ3v) is 4.78. The van der Waals surface area contributed by atoms with Crippen molar-refractivity contribution in [1.29, 1.82) is 0 Å². The van der Waals surface area contributed by atoms with Crippen LogP contribution in [-0.2, 0) is 11.3 Å². The molecule has 170 valence electrons. The van der Waals surface area contributed by atoms with Crippen molar-refractivity contribution in [1.82, 2.24) is 20.4 Å². The SMILES string of the molecule is O=C(O)c1cc(C(=O)NN(Cc2ccc(-c3cccc(Cl)c3)cc2)CC(O)C(=O)O)ncn1. The Morgan fingerprint density at radius 3 is 2.30 bits per heavy atom. The smallest absolute Gasteiger partial charge is 0.354 e. The highest BCUT2D eigenvalue weighted by Crippen LogP contribution is 2.23. The van der Waals surface area contributed by atoms with E-state index in [0.29, 0.717) is 10.6 Å². The van der Waals surface area contributed by atoms with Crippen LogP contribution in [0.15, 0.2) is 60.9 Å². The van der Waals surface area contributed by atoms with Crippen molar-refractivity contribution < 1.29 is 29.7 Å². The van der Waals surface area contributed by atoms with Crippen LogP contribution in [0.1, 0.15) is 26.5 Å². The van der Waals surface area contributed by atoms with Crippen molar-refractivity contribution in [2.45, 2.75) is 12.6 Å². The van der Waals surface area contributed by atoms with Gasteiger partial charge in [0, 0.05) is 17.6 Å². The van der Waals surface area contributed by atoms with Gasteiger partial charge in [0.2, 0.25) is 0 Å². The lowest BCUT2D eigenvalue weighted by Gasteiger charge is -2.24. The molecule has 1 aromatic heterocycles. The van der Waals surface area contributed by atoms with E-state index in [9.17, 15) is 19.5 Å². The minimum atomic E-state index is -1.77. The molecule has 0 saturated carbocycles. The molecule has 4 N–H and O–H groups in total. The van der Waals surface area contributed by atoms with E-state index in [2.05, 4.69) is 15.4 Å². The zero-order chi connectivity index (χ0) is 24.0. The lowest BCUT2D eigenvalue weighted by atomic mass is 10.0. The molecule has 0 bridgehead atoms. The molecule has 3 aromatic rings. The average Bonchev–Trinajstić information content (AvgIpc) is 2.79. The minimum Gasteiger partial charge on any atom is -0.479 e. The molecule has 3 rings (SSSR count). The number of hydrazine groups is 1. The molecule has 11 heteroatoms. The molecule has 0 radical (unpaired) electrons. The summed E-state index contributed by atoms with van der Waals surface area (Å²) in [6, 6.07) is 15.6. The maximum absolute atomic E-state index is 12.6. The first-order chi connectivity index (χ1) is 15.7. The molecule has 1 amide bonds. The number of carboxylic acids is 2. The van der Waals surface area contributed by atoms with Gasteiger partial charge in [0.1, 0.15) is 12.0 Å². The fourth-order valence-electron chi connectivity index (χ4n) is 2.93. The number of carbonyl (C=O) groups excluding carboxylic acids is 1. The molecule has 0 saturated heterocycles. The van der Waals surface area contributed by atoms with Crippen molar-refractivity contribution in [3.05, 3.63) is 82.9 Å². The number of hydrogen-bond acceptors (Lipinski definition) is 7. The molecular formula is C22H19ClN4O6. The molecule has 0 fully saturated rings. The molecule has 0 aliphatic rings. The molecule has 1 atom stereocenters. The Hall–Kier alpha value is -3.86. The van der Waals surface area contributed by atoms with Gasteiger partial charge >= 0.3 is 11.9 Å². The fraction of sp³-hybridized carbons (Fsp3) is 0.136. The summed E-state index contributed by atoms with van der Waals surface area (Å²) < 4.78 is 0. The highest BCUT2D eigenvalue weighted by Gasteiger charge is 2.21. The Morgan fingerprint density at radius 2 is 1.67 bits per heavy atom. The number of aromatic nitrogens is 2. The molecule has 2 aromatic carbocycles. The van der Waals surface area contributed by atoms with Crippen LogP contribution in [0, 0.1) is 0 Å². The first-order valence-electron chi connectivity index (χ1n) is 9.60. The van der Waals surface area contributed by atoms with Crippen molar-refractivity contribution in [3.8, 4) is 11.1 Å². The van der Waals surface area contributed by atoms with E-state index < -0.39 is 30.5 Å². The number of nitrogens with one attached hydrogen (secondary N) is 1. The lowest BCUT2D eigenvalue weighted by Crippen LogP contribution is -2.47. The van der Waals surface area contributed by atoms with Crippen LogP contribution >= 0.6 is 11.6 Å². The van der Waals surface area contributed by atoms with E-state index in [1.54, 1.807) is 18.2 Å². The van der Waals surface area contributed by atoms with Gasteiger partial charge in [-0.3, -0.25) is 10.2 Å². The molecule has 0 aliphatic heterocycles. The first-order valence-corrected chi connectivity index (χ1v) is 9.97. The molecule has 33 heavy (non-hydrogen) atoms. The number of halogens is 1. The van der Waals surface area contributed by atoms with E-state index in [1.807, 2.05) is 30.3 Å². The number of aliphatic hydroxyl groups is 1. The summed E-state index contributed by atoms with van der Waals surface area (Å²) in [7, 11) is 0. The van der Waals surface area contributed by atoms with Crippen LogP contribution in [0.2, 0.25) is 5.02 Å². The largest absolute Gasteiger partial charge is 0.479 e. The van der Waals surface area contributed by atoms with Gasteiger partial charge in [0.25, 0.3) is 5.91 Å². The molecular weight excluding hydrogens is 452 g/mol. The summed E-state index contributed by atoms with van der Waals surface area (Å²) >= 11 is 6.03. The third kappa shape index (κ3) is 6.56. The number of nitrogens with zero attached hydrogens (tertiary/aromatic N) is 3. The van der Waals surface area contributed by atoms with E-state index >= 15 is 0 Å². The Kier molecular flexibility index (Phi) is 7.67. The Morgan fingerprint density at radius 1 is 0.970 bits per heavy atom. The quantitative estimate of drug-likeness (QED) is 0.344. The normalized spacial score (nSPS) is 11.7. The van der Waals surface area contributed by atoms with Crippen molar-refractivity contribution in [2.75, 3.05) is 6.54 Å². The summed E-state index contributed by atoms with van der Waals surface area (Å²) in [6.45, 7) is -0.364. The number of carboxylic acid groups (broad SMARTS) is 2. The Labute approximate surface area is 193 Å². The summed E-state index contributed by atoms with van der Waals surface area (Å²) in [5, 5.41) is 29.7. The van der Waals surface area contributed by atoms with Crippen LogP contribution < -0.4 is 5.43 Å². The van der Waals surface area contributed by atoms with Gasteiger partial charge in [0.15, 0.2) is 11.8 Å². The van der Waals surface area contributed by atoms with Gasteiger partial charge in [-0.05, 0) is 28.8 Å². The van der Waals surface area contributed by atoms with Gasteiger partial charge in [0.05, 0.1) is 6.54 Å². The topological polar surface area (TPSA) is 153 Å². The molecule has 1 unspecified atom stereocenters. The highest BCUT2D eigenvalue weighted by molar-refractivity contribution is 6.30. The van der Waals surface area contributed by atoms with Crippen LogP contribution in [0.5, 0.6) is 0 Å². The number of carbonyl (C=O) groups is 3. The third-order valence-electron chi connectivity index (χ3n) is 4.54. The number of aromatic carboxylic acids is 1. The number of rotatable bonds is 9. The summed E-state index contributed by atoms with van der Waals surface area (Å²) in [6.07, 6.45) is -0.834. The van der Waals surface area contributed by atoms with E-state index in [4.69, 9.17) is 21.8 Å². The Bertz CT molecular complexity index is 1170. The lowest BCUT2D eigenvalue weighted by molar-refractivity contribution is -0.148. The summed E-state index contributed by atoms with van der Waals surface area (Å²) in [5.74, 6) is -3.57. The second-order valence-electron chi connectivity index (χ2n) is 6.98. The minimum absolute atomic E-state index is 0.0583. The predicted octanol–water partition coefficient (Wildman–Crippen LogP) is 2.09. The van der Waals surface area contributed by atoms with Gasteiger partial charge in [-0.15, -0.1) is 0 Å². The zero-order valence-electron chi connectivity index (χ0n) is 17.1. The highest BCUT2D eigenvalue weighted by atomic mass is 35.5. The number of aliphatic hydroxyl groups excluding tert-OH is 1. The maximum Gasteiger partial charge on any atom is 0.354 e. The van der Waals surface area contributed by atoms with Crippen LogP contribution in [0.3, 0.4) is 0 Å². The standard InChI is InChI=1S/C22H19ClN4O6/c23-16-3-1-2-15(8-16)14-6-4-13(5-7-14)10-27(11-19(28)22(32)33)26-20(29)17-9-18(21(30)31)25-12-24-17/h1-9,12,19,28H,10-11H2,(H,26,29)(H,30,31)(H,32,33). The average molecular weight is 471 g/mol. The first kappa shape index (κ1) is 23.8. The monoisotopic (exact) mass is 470 g/mol. The summed E-state index contributed by atoms with van der Waals surface area (Å²) in [4.78, 5) is 42.0. The predicted molar refractivity (Wildman–Crippen MR) is 117 cm³/mol. The number of benzene rings is 2. The van der Waals surface area contributed by atoms with Crippen LogP contribution in [0.25, 0.3) is 11.1 Å². The molecule has 0 spiro atoms. The number of aliphatic carboxylic acids is 1. The molecule has 0 aliphatic carbocycles. The number of hydrogen-bond donors (Lipinski definition) is 4. The van der Waals surface area contributed by atoms with Crippen LogP contribution in [0.4, 0.5) is 0 Å². The molecule has 10 nitrogen and oxygen atoms in total. The van der Waals surface area contributed by atoms with Crippen LogP contribution in [-0.4, -0.2) is 60.8 Å². The van der Waals surface area contributed by atoms with E-state index in [-0.39, 0.29) is 17.9 Å². The van der Waals surface area contributed by atoms with Gasteiger partial charge in [-0.1, -0.05) is 48.0 Å². The summed E-state index contributed by atoms with van der Waals surface area (Å²) in [5.41, 5.74) is 4.40. The van der Waals surface area contributed by atoms with Gasteiger partial charge in [-0.2, -0.15) is 0 Å². The number of amides is 1. The Balaban J connectivity index is 1.77. The van der Waals surface area contributed by atoms with Crippen molar-refractivity contribution >= 4 is 29.4 Å². The van der Waals surface area contributed by atoms with E-state index in [0.717, 1.165) is 23.5 Å². The van der Waals surface area contributed by atoms with Gasteiger partial charge in [-0.25, -0.2) is 24.6 Å². The van der Waals surface area contributed by atoms with Gasteiger partial charge < -0.3 is 15.3 Å². The van der Waals surface area contributed by atoms with Crippen molar-refractivity contribution in [3.63, 3.8) is 0 Å². The zero-order valence-corrected chi connectivity index (χ0v) is 17.8. The van der Waals surface area contributed by atoms with Crippen molar-refractivity contribution in [2.24, 2.45) is 0 Å². The second-order valence-corrected chi connectivity index (χ2v) is 7.41. The second kappa shape index (κ2) is 10.6. The van der Waals surface area contributed by atoms with E-state index in [1.165, 1.54) is 5.01 Å². The maximum atomic E-state index is 12.6. The fourth-order valence-corrected chi connectivity index (χ4v) is 3.12.